The van der Waals surface area contributed by atoms with Crippen molar-refractivity contribution in [2.75, 3.05) is 0 Å². The zero-order valence-corrected chi connectivity index (χ0v) is 10.3. The van der Waals surface area contributed by atoms with Crippen LogP contribution >= 0.6 is 0 Å². The highest BCUT2D eigenvalue weighted by molar-refractivity contribution is 5.98. The molecule has 0 unspecified atom stereocenters. The molecular weight excluding hydrogens is 241 g/mol. The van der Waals surface area contributed by atoms with Gasteiger partial charge in [0, 0.05) is 12.0 Å². The quantitative estimate of drug-likeness (QED) is 0.782. The predicted molar refractivity (Wildman–Crippen MR) is 70.2 cm³/mol. The number of rotatable bonds is 4. The SMILES string of the molecule is N#Cc1ccccc1C(=O)CCc1cccc(F)c1. The molecule has 0 spiro atoms. The van der Waals surface area contributed by atoms with Crippen LogP contribution in [-0.4, -0.2) is 5.78 Å². The first-order chi connectivity index (χ1) is 9.20. The number of halogens is 1. The minimum atomic E-state index is -0.303. The second-order valence-corrected chi connectivity index (χ2v) is 4.21. The van der Waals surface area contributed by atoms with E-state index in [0.717, 1.165) is 5.56 Å². The minimum absolute atomic E-state index is 0.0959. The second-order valence-electron chi connectivity index (χ2n) is 4.21. The van der Waals surface area contributed by atoms with E-state index in [2.05, 4.69) is 0 Å². The molecule has 2 aromatic carbocycles. The van der Waals surface area contributed by atoms with Crippen LogP contribution in [0.4, 0.5) is 4.39 Å². The lowest BCUT2D eigenvalue weighted by molar-refractivity contribution is 0.0982. The Balaban J connectivity index is 2.08. The standard InChI is InChI=1S/C16H12FNO/c17-14-6-3-4-12(10-14)8-9-16(19)15-7-2-1-5-13(15)11-18/h1-7,10H,8-9H2. The highest BCUT2D eigenvalue weighted by Crippen LogP contribution is 2.13. The Labute approximate surface area is 111 Å². The van der Waals surface area contributed by atoms with Crippen LogP contribution in [-0.2, 0) is 6.42 Å². The van der Waals surface area contributed by atoms with Crippen LogP contribution in [0.1, 0.15) is 27.9 Å². The first-order valence-electron chi connectivity index (χ1n) is 5.97. The lowest BCUT2D eigenvalue weighted by Crippen LogP contribution is -2.03. The Kier molecular flexibility index (Phi) is 4.04. The second kappa shape index (κ2) is 5.92. The van der Waals surface area contributed by atoms with Gasteiger partial charge >= 0.3 is 0 Å². The Bertz CT molecular complexity index is 643. The molecule has 2 rings (SSSR count). The van der Waals surface area contributed by atoms with Crippen molar-refractivity contribution in [1.29, 1.82) is 5.26 Å². The fourth-order valence-corrected chi connectivity index (χ4v) is 1.91. The van der Waals surface area contributed by atoms with Crippen LogP contribution < -0.4 is 0 Å². The van der Waals surface area contributed by atoms with Gasteiger partial charge in [0.05, 0.1) is 11.6 Å². The van der Waals surface area contributed by atoms with E-state index in [9.17, 15) is 9.18 Å². The van der Waals surface area contributed by atoms with Crippen LogP contribution in [0.2, 0.25) is 0 Å². The summed E-state index contributed by atoms with van der Waals surface area (Å²) in [5.74, 6) is -0.399. The molecule has 0 bridgehead atoms. The Morgan fingerprint density at radius 1 is 1.16 bits per heavy atom. The van der Waals surface area contributed by atoms with Gasteiger partial charge in [0.15, 0.2) is 5.78 Å². The van der Waals surface area contributed by atoms with Gasteiger partial charge in [-0.25, -0.2) is 4.39 Å². The van der Waals surface area contributed by atoms with E-state index in [0.29, 0.717) is 17.5 Å². The van der Waals surface area contributed by atoms with Gasteiger partial charge in [0.1, 0.15) is 5.82 Å². The predicted octanol–water partition coefficient (Wildman–Crippen LogP) is 3.51. The third-order valence-corrected chi connectivity index (χ3v) is 2.88. The summed E-state index contributed by atoms with van der Waals surface area (Å²) in [4.78, 5) is 12.0. The highest BCUT2D eigenvalue weighted by atomic mass is 19.1. The molecule has 0 saturated heterocycles. The molecule has 0 heterocycles. The normalized spacial score (nSPS) is 9.89. The van der Waals surface area contributed by atoms with Crippen LogP contribution in [0.15, 0.2) is 48.5 Å². The highest BCUT2D eigenvalue weighted by Gasteiger charge is 2.10. The number of aryl methyl sites for hydroxylation is 1. The number of carbonyl (C=O) groups is 1. The Morgan fingerprint density at radius 2 is 1.95 bits per heavy atom. The van der Waals surface area contributed by atoms with Crippen molar-refractivity contribution in [2.24, 2.45) is 0 Å². The average molecular weight is 253 g/mol. The van der Waals surface area contributed by atoms with E-state index in [1.165, 1.54) is 12.1 Å². The van der Waals surface area contributed by atoms with E-state index in [1.54, 1.807) is 36.4 Å². The zero-order chi connectivity index (χ0) is 13.7. The van der Waals surface area contributed by atoms with Gasteiger partial charge in [-0.3, -0.25) is 4.79 Å². The molecule has 0 saturated carbocycles. The summed E-state index contributed by atoms with van der Waals surface area (Å²) >= 11 is 0. The van der Waals surface area contributed by atoms with Crippen molar-refractivity contribution in [1.82, 2.24) is 0 Å². The van der Waals surface area contributed by atoms with Crippen LogP contribution in [0.5, 0.6) is 0 Å². The summed E-state index contributed by atoms with van der Waals surface area (Å²) in [6, 6.07) is 14.9. The number of carbonyl (C=O) groups excluding carboxylic acids is 1. The number of hydrogen-bond donors (Lipinski definition) is 0. The third kappa shape index (κ3) is 3.26. The number of hydrogen-bond acceptors (Lipinski definition) is 2. The first kappa shape index (κ1) is 13.0. The topological polar surface area (TPSA) is 40.9 Å². The van der Waals surface area contributed by atoms with Gasteiger partial charge in [-0.2, -0.15) is 5.26 Å². The number of benzene rings is 2. The molecule has 3 heteroatoms. The molecule has 0 aromatic heterocycles. The van der Waals surface area contributed by atoms with Gasteiger partial charge in [-0.1, -0.05) is 30.3 Å². The van der Waals surface area contributed by atoms with Crippen molar-refractivity contribution in [3.05, 3.63) is 71.0 Å². The van der Waals surface area contributed by atoms with Gasteiger partial charge in [-0.15, -0.1) is 0 Å². The van der Waals surface area contributed by atoms with Gasteiger partial charge in [-0.05, 0) is 30.2 Å². The number of nitrogens with zero attached hydrogens (tertiary/aromatic N) is 1. The molecule has 0 radical (unpaired) electrons. The van der Waals surface area contributed by atoms with Crippen LogP contribution in [0.25, 0.3) is 0 Å². The Morgan fingerprint density at radius 3 is 2.68 bits per heavy atom. The lowest BCUT2D eigenvalue weighted by atomic mass is 9.99. The molecule has 0 aliphatic heterocycles. The summed E-state index contributed by atoms with van der Waals surface area (Å²) < 4.78 is 13.0. The maximum Gasteiger partial charge on any atom is 0.164 e. The fourth-order valence-electron chi connectivity index (χ4n) is 1.91. The van der Waals surface area contributed by atoms with Crippen molar-refractivity contribution in [3.63, 3.8) is 0 Å². The summed E-state index contributed by atoms with van der Waals surface area (Å²) in [7, 11) is 0. The molecule has 0 atom stereocenters. The number of Topliss-reactive ketones (excluding diaryl/α,β-unsaturated/α-hetero) is 1. The molecule has 19 heavy (non-hydrogen) atoms. The molecule has 0 aliphatic rings. The molecule has 0 fully saturated rings. The molecular formula is C16H12FNO. The van der Waals surface area contributed by atoms with Crippen LogP contribution in [0.3, 0.4) is 0 Å². The van der Waals surface area contributed by atoms with Gasteiger partial charge in [0.2, 0.25) is 0 Å². The zero-order valence-electron chi connectivity index (χ0n) is 10.3. The third-order valence-electron chi connectivity index (χ3n) is 2.88. The van der Waals surface area contributed by atoms with Crippen molar-refractivity contribution >= 4 is 5.78 Å². The monoisotopic (exact) mass is 253 g/mol. The maximum atomic E-state index is 13.0. The van der Waals surface area contributed by atoms with E-state index in [4.69, 9.17) is 5.26 Å². The number of nitriles is 1. The Hall–Kier alpha value is -2.47. The van der Waals surface area contributed by atoms with Crippen molar-refractivity contribution in [3.8, 4) is 6.07 Å². The largest absolute Gasteiger partial charge is 0.294 e. The molecule has 94 valence electrons. The van der Waals surface area contributed by atoms with Crippen LogP contribution in [0, 0.1) is 17.1 Å². The van der Waals surface area contributed by atoms with E-state index >= 15 is 0 Å². The van der Waals surface area contributed by atoms with Crippen molar-refractivity contribution in [2.45, 2.75) is 12.8 Å². The maximum absolute atomic E-state index is 13.0. The minimum Gasteiger partial charge on any atom is -0.294 e. The van der Waals surface area contributed by atoms with E-state index < -0.39 is 0 Å². The molecule has 0 N–H and O–H groups in total. The average Bonchev–Trinajstić information content (AvgIpc) is 2.45. The molecule has 2 nitrogen and oxygen atoms in total. The smallest absolute Gasteiger partial charge is 0.164 e. The molecule has 0 aliphatic carbocycles. The lowest BCUT2D eigenvalue weighted by Gasteiger charge is -2.03. The van der Waals surface area contributed by atoms with E-state index in [1.807, 2.05) is 6.07 Å². The molecule has 0 amide bonds. The van der Waals surface area contributed by atoms with Gasteiger partial charge < -0.3 is 0 Å². The van der Waals surface area contributed by atoms with Gasteiger partial charge in [0.25, 0.3) is 0 Å². The first-order valence-corrected chi connectivity index (χ1v) is 5.97. The fraction of sp³-hybridized carbons (Fsp3) is 0.125. The molecule has 2 aromatic rings. The summed E-state index contributed by atoms with van der Waals surface area (Å²) in [6.45, 7) is 0. The summed E-state index contributed by atoms with van der Waals surface area (Å²) in [5.41, 5.74) is 1.59. The number of ketones is 1. The van der Waals surface area contributed by atoms with Crippen molar-refractivity contribution < 1.29 is 9.18 Å². The summed E-state index contributed by atoms with van der Waals surface area (Å²) in [6.07, 6.45) is 0.735. The summed E-state index contributed by atoms with van der Waals surface area (Å²) in [5, 5.41) is 8.94. The van der Waals surface area contributed by atoms with E-state index in [-0.39, 0.29) is 18.0 Å².